The van der Waals surface area contributed by atoms with Crippen molar-refractivity contribution in [2.75, 3.05) is 37.0 Å². The van der Waals surface area contributed by atoms with Crippen LogP contribution in [0.1, 0.15) is 10.5 Å². The van der Waals surface area contributed by atoms with Gasteiger partial charge < -0.3 is 15.7 Å². The van der Waals surface area contributed by atoms with E-state index in [2.05, 4.69) is 30.3 Å². The zero-order chi connectivity index (χ0) is 28.0. The van der Waals surface area contributed by atoms with E-state index in [1.54, 1.807) is 30.5 Å². The van der Waals surface area contributed by atoms with Crippen molar-refractivity contribution in [2.24, 2.45) is 0 Å². The Bertz CT molecular complexity index is 1600. The number of aliphatic hydroxyl groups excluding tert-OH is 1. The highest BCUT2D eigenvalue weighted by Gasteiger charge is 2.21. The van der Waals surface area contributed by atoms with Gasteiger partial charge in [0.05, 0.1) is 12.9 Å². The van der Waals surface area contributed by atoms with Crippen molar-refractivity contribution in [2.45, 2.75) is 4.90 Å². The minimum absolute atomic E-state index is 0.00618. The summed E-state index contributed by atoms with van der Waals surface area (Å²) in [5, 5.41) is 16.1. The van der Waals surface area contributed by atoms with Crippen LogP contribution in [0.5, 0.6) is 0 Å². The standard InChI is InChI=1S/C25H24Cl2N6O4S2/c1-39(36,37)30-9-8-28-24(35)22-18(21-19(26)6-3-7-20(21)27)12-15-14-29-25(33-23(15)32-22)31-16-4-2-5-17(13-16)38-11-10-34/h2-7,12-14,30,34H,8-11H2,1H3,(H,28,35)(H,29,31,32,33). The molecular weight excluding hydrogens is 583 g/mol. The second-order valence-corrected chi connectivity index (χ2v) is 12.1. The van der Waals surface area contributed by atoms with Crippen LogP contribution < -0.4 is 15.4 Å². The molecule has 14 heteroatoms. The molecule has 10 nitrogen and oxygen atoms in total. The maximum absolute atomic E-state index is 13.2. The van der Waals surface area contributed by atoms with Crippen molar-refractivity contribution in [1.82, 2.24) is 25.0 Å². The van der Waals surface area contributed by atoms with Crippen LogP contribution in [0, 0.1) is 0 Å². The number of benzene rings is 2. The molecule has 1 amide bonds. The van der Waals surface area contributed by atoms with Crippen LogP contribution in [0.15, 0.2) is 59.6 Å². The Morgan fingerprint density at radius 1 is 1.05 bits per heavy atom. The molecule has 0 radical (unpaired) electrons. The van der Waals surface area contributed by atoms with Crippen molar-refractivity contribution in [3.63, 3.8) is 0 Å². The lowest BCUT2D eigenvalue weighted by molar-refractivity contribution is 0.0950. The maximum Gasteiger partial charge on any atom is 0.270 e. The average molecular weight is 608 g/mol. The molecule has 0 spiro atoms. The number of rotatable bonds is 11. The third-order valence-electron chi connectivity index (χ3n) is 5.24. The number of aromatic nitrogens is 3. The summed E-state index contributed by atoms with van der Waals surface area (Å²) < 4.78 is 25.0. The van der Waals surface area contributed by atoms with Crippen LogP contribution in [-0.4, -0.2) is 66.1 Å². The highest BCUT2D eigenvalue weighted by molar-refractivity contribution is 7.99. The Morgan fingerprint density at radius 2 is 1.79 bits per heavy atom. The van der Waals surface area contributed by atoms with Gasteiger partial charge >= 0.3 is 0 Å². The summed E-state index contributed by atoms with van der Waals surface area (Å²) >= 11 is 14.4. The van der Waals surface area contributed by atoms with Gasteiger partial charge in [-0.1, -0.05) is 35.3 Å². The van der Waals surface area contributed by atoms with E-state index in [9.17, 15) is 13.2 Å². The van der Waals surface area contributed by atoms with E-state index >= 15 is 0 Å². The van der Waals surface area contributed by atoms with E-state index in [1.807, 2.05) is 24.3 Å². The summed E-state index contributed by atoms with van der Waals surface area (Å²) in [6.45, 7) is 0.113. The van der Waals surface area contributed by atoms with Gasteiger partial charge in [0, 0.05) is 62.2 Å². The zero-order valence-corrected chi connectivity index (χ0v) is 23.8. The van der Waals surface area contributed by atoms with Gasteiger partial charge in [-0.25, -0.2) is 23.1 Å². The fourth-order valence-corrected chi connectivity index (χ4v) is 5.38. The van der Waals surface area contributed by atoms with E-state index < -0.39 is 15.9 Å². The Hall–Kier alpha value is -3.00. The lowest BCUT2D eigenvalue weighted by atomic mass is 10.0. The molecule has 0 saturated heterocycles. The summed E-state index contributed by atoms with van der Waals surface area (Å²) in [6.07, 6.45) is 2.61. The number of thioether (sulfide) groups is 1. The van der Waals surface area contributed by atoms with Crippen LogP contribution in [0.2, 0.25) is 10.0 Å². The molecule has 0 atom stereocenters. The molecule has 0 bridgehead atoms. The van der Waals surface area contributed by atoms with Crippen molar-refractivity contribution in [3.8, 4) is 11.1 Å². The third kappa shape index (κ3) is 7.78. The predicted octanol–water partition coefficient (Wildman–Crippen LogP) is 4.11. The van der Waals surface area contributed by atoms with Gasteiger partial charge in [-0.05, 0) is 36.4 Å². The quantitative estimate of drug-likeness (QED) is 0.146. The molecule has 2 aromatic carbocycles. The molecule has 0 fully saturated rings. The van der Waals surface area contributed by atoms with E-state index in [1.165, 1.54) is 11.8 Å². The SMILES string of the molecule is CS(=O)(=O)NCCNC(=O)c1nc2nc(Nc3cccc(SCCO)c3)ncc2cc1-c1c(Cl)cccc1Cl. The minimum Gasteiger partial charge on any atom is -0.396 e. The van der Waals surface area contributed by atoms with E-state index in [0.717, 1.165) is 16.8 Å². The van der Waals surface area contributed by atoms with Gasteiger partial charge in [-0.15, -0.1) is 11.8 Å². The van der Waals surface area contributed by atoms with Crippen LogP contribution in [0.25, 0.3) is 22.2 Å². The Kier molecular flexibility index (Phi) is 9.59. The number of hydrogen-bond acceptors (Lipinski definition) is 9. The molecule has 39 heavy (non-hydrogen) atoms. The Morgan fingerprint density at radius 3 is 2.51 bits per heavy atom. The highest BCUT2D eigenvalue weighted by atomic mass is 35.5. The summed E-state index contributed by atoms with van der Waals surface area (Å²) in [5.74, 6) is 0.290. The first kappa shape index (κ1) is 29.0. The average Bonchev–Trinajstić information content (AvgIpc) is 2.89. The topological polar surface area (TPSA) is 146 Å². The number of carbonyl (C=O) groups excluding carboxylic acids is 1. The number of nitrogens with one attached hydrogen (secondary N) is 3. The van der Waals surface area contributed by atoms with Crippen molar-refractivity contribution in [1.29, 1.82) is 0 Å². The lowest BCUT2D eigenvalue weighted by Gasteiger charge is -2.14. The molecule has 2 heterocycles. The van der Waals surface area contributed by atoms with Crippen molar-refractivity contribution < 1.29 is 18.3 Å². The van der Waals surface area contributed by atoms with Gasteiger partial charge in [-0.3, -0.25) is 4.79 Å². The fraction of sp³-hybridized carbons (Fsp3) is 0.200. The summed E-state index contributed by atoms with van der Waals surface area (Å²) in [5.41, 5.74) is 1.82. The first-order valence-electron chi connectivity index (χ1n) is 11.6. The van der Waals surface area contributed by atoms with Crippen LogP contribution >= 0.6 is 35.0 Å². The molecule has 0 aliphatic carbocycles. The van der Waals surface area contributed by atoms with Gasteiger partial charge in [0.15, 0.2) is 5.65 Å². The largest absolute Gasteiger partial charge is 0.396 e. The summed E-state index contributed by atoms with van der Waals surface area (Å²) in [7, 11) is -3.40. The van der Waals surface area contributed by atoms with E-state index in [-0.39, 0.29) is 37.0 Å². The minimum atomic E-state index is -3.40. The Balaban J connectivity index is 1.69. The number of anilines is 2. The summed E-state index contributed by atoms with van der Waals surface area (Å²) in [4.78, 5) is 27.6. The number of carbonyl (C=O) groups is 1. The number of halogens is 2. The first-order valence-corrected chi connectivity index (χ1v) is 15.2. The molecule has 204 valence electrons. The second kappa shape index (κ2) is 12.9. The van der Waals surface area contributed by atoms with Crippen LogP contribution in [0.3, 0.4) is 0 Å². The molecule has 2 aromatic heterocycles. The molecule has 4 N–H and O–H groups in total. The van der Waals surface area contributed by atoms with Gasteiger partial charge in [0.25, 0.3) is 5.91 Å². The maximum atomic E-state index is 13.2. The number of aliphatic hydroxyl groups is 1. The van der Waals surface area contributed by atoms with Crippen molar-refractivity contribution >= 4 is 73.6 Å². The number of nitrogens with zero attached hydrogens (tertiary/aromatic N) is 3. The molecular formula is C25H24Cl2N6O4S2. The highest BCUT2D eigenvalue weighted by Crippen LogP contribution is 2.37. The molecule has 0 aliphatic rings. The monoisotopic (exact) mass is 606 g/mol. The number of hydrogen-bond donors (Lipinski definition) is 4. The van der Waals surface area contributed by atoms with Crippen LogP contribution in [-0.2, 0) is 10.0 Å². The molecule has 4 rings (SSSR count). The number of pyridine rings is 1. The lowest BCUT2D eigenvalue weighted by Crippen LogP contribution is -2.34. The molecule has 0 aliphatic heterocycles. The van der Waals surface area contributed by atoms with Crippen molar-refractivity contribution in [3.05, 3.63) is 70.5 Å². The first-order chi connectivity index (χ1) is 18.6. The Labute approximate surface area is 239 Å². The molecule has 4 aromatic rings. The molecule has 0 unspecified atom stereocenters. The predicted molar refractivity (Wildman–Crippen MR) is 156 cm³/mol. The van der Waals surface area contributed by atoms with Crippen LogP contribution in [0.4, 0.5) is 11.6 Å². The van der Waals surface area contributed by atoms with Gasteiger partial charge in [-0.2, -0.15) is 4.98 Å². The van der Waals surface area contributed by atoms with E-state index in [4.69, 9.17) is 28.3 Å². The third-order valence-corrected chi connectivity index (χ3v) is 7.57. The molecule has 0 saturated carbocycles. The number of sulfonamides is 1. The normalized spacial score (nSPS) is 11.5. The fourth-order valence-electron chi connectivity index (χ4n) is 3.59. The number of fused-ring (bicyclic) bond motifs is 1. The summed E-state index contributed by atoms with van der Waals surface area (Å²) in [6, 6.07) is 14.3. The van der Waals surface area contributed by atoms with Gasteiger partial charge in [0.1, 0.15) is 5.69 Å². The van der Waals surface area contributed by atoms with E-state index in [0.29, 0.717) is 32.3 Å². The smallest absolute Gasteiger partial charge is 0.270 e. The van der Waals surface area contributed by atoms with Gasteiger partial charge in [0.2, 0.25) is 16.0 Å². The number of amides is 1. The second-order valence-electron chi connectivity index (χ2n) is 8.23. The zero-order valence-electron chi connectivity index (χ0n) is 20.6.